The maximum absolute atomic E-state index is 9.90. The van der Waals surface area contributed by atoms with E-state index in [-0.39, 0.29) is 5.75 Å². The Bertz CT molecular complexity index is 711. The summed E-state index contributed by atoms with van der Waals surface area (Å²) in [5.41, 5.74) is 3.86. The molecule has 1 N–H and O–H groups in total. The van der Waals surface area contributed by atoms with E-state index in [4.69, 9.17) is 0 Å². The molecule has 0 aliphatic carbocycles. The summed E-state index contributed by atoms with van der Waals surface area (Å²) in [5.74, 6) is 1.13. The second-order valence-corrected chi connectivity index (χ2v) is 4.51. The van der Waals surface area contributed by atoms with Gasteiger partial charge in [-0.05, 0) is 19.1 Å². The molecular formula is C15H14N2O. The van der Waals surface area contributed by atoms with E-state index in [1.54, 1.807) is 6.07 Å². The first kappa shape index (κ1) is 10.8. The van der Waals surface area contributed by atoms with Crippen molar-refractivity contribution in [3.05, 3.63) is 48.0 Å². The summed E-state index contributed by atoms with van der Waals surface area (Å²) in [6, 6.07) is 13.6. The lowest BCUT2D eigenvalue weighted by atomic mass is 10.1. The standard InChI is InChI=1S/C15H14N2O/c1-10-6-8-11(9-7-10)15-16-12-4-3-5-13(18)14(12)17(15)2/h3-9,18H,1-2H3. The molecule has 0 fully saturated rings. The van der Waals surface area contributed by atoms with Crippen molar-refractivity contribution in [2.45, 2.75) is 6.92 Å². The van der Waals surface area contributed by atoms with Crippen LogP contribution in [-0.4, -0.2) is 14.7 Å². The SMILES string of the molecule is Cc1ccc(-c2nc3cccc(O)c3n2C)cc1. The molecule has 0 aliphatic rings. The summed E-state index contributed by atoms with van der Waals surface area (Å²) in [5, 5.41) is 9.90. The van der Waals surface area contributed by atoms with E-state index in [9.17, 15) is 5.11 Å². The highest BCUT2D eigenvalue weighted by atomic mass is 16.3. The third-order valence-electron chi connectivity index (χ3n) is 3.18. The Morgan fingerprint density at radius 1 is 1.06 bits per heavy atom. The molecule has 0 spiro atoms. The first-order valence-corrected chi connectivity index (χ1v) is 5.88. The van der Waals surface area contributed by atoms with Crippen LogP contribution in [0, 0.1) is 6.92 Å². The van der Waals surface area contributed by atoms with Gasteiger partial charge in [-0.15, -0.1) is 0 Å². The van der Waals surface area contributed by atoms with Gasteiger partial charge in [0.05, 0.1) is 5.52 Å². The highest BCUT2D eigenvalue weighted by Gasteiger charge is 2.12. The number of rotatable bonds is 1. The van der Waals surface area contributed by atoms with Crippen molar-refractivity contribution in [1.29, 1.82) is 0 Å². The molecule has 0 unspecified atom stereocenters. The van der Waals surface area contributed by atoms with Crippen molar-refractivity contribution in [1.82, 2.24) is 9.55 Å². The van der Waals surface area contributed by atoms with Crippen LogP contribution in [0.5, 0.6) is 5.75 Å². The van der Waals surface area contributed by atoms with Gasteiger partial charge in [0.2, 0.25) is 0 Å². The first-order valence-electron chi connectivity index (χ1n) is 5.88. The smallest absolute Gasteiger partial charge is 0.141 e. The second kappa shape index (κ2) is 3.88. The summed E-state index contributed by atoms with van der Waals surface area (Å²) in [4.78, 5) is 4.58. The van der Waals surface area contributed by atoms with E-state index < -0.39 is 0 Å². The quantitative estimate of drug-likeness (QED) is 0.706. The fourth-order valence-corrected chi connectivity index (χ4v) is 2.21. The number of phenolic OH excluding ortho intramolecular Hbond substituents is 1. The van der Waals surface area contributed by atoms with Crippen LogP contribution in [0.4, 0.5) is 0 Å². The van der Waals surface area contributed by atoms with Crippen LogP contribution in [-0.2, 0) is 7.05 Å². The number of hydrogen-bond acceptors (Lipinski definition) is 2. The molecule has 0 bridgehead atoms. The summed E-state index contributed by atoms with van der Waals surface area (Å²) in [7, 11) is 1.92. The van der Waals surface area contributed by atoms with Gasteiger partial charge in [0.1, 0.15) is 17.1 Å². The van der Waals surface area contributed by atoms with E-state index in [1.807, 2.05) is 35.9 Å². The molecule has 0 amide bonds. The van der Waals surface area contributed by atoms with Gasteiger partial charge in [-0.2, -0.15) is 0 Å². The normalized spacial score (nSPS) is 11.0. The molecular weight excluding hydrogens is 224 g/mol. The van der Waals surface area contributed by atoms with Crippen LogP contribution in [0.2, 0.25) is 0 Å². The number of para-hydroxylation sites is 1. The maximum atomic E-state index is 9.90. The minimum atomic E-state index is 0.265. The van der Waals surface area contributed by atoms with Crippen molar-refractivity contribution < 1.29 is 5.11 Å². The molecule has 1 aromatic heterocycles. The van der Waals surface area contributed by atoms with E-state index in [2.05, 4.69) is 24.0 Å². The number of aromatic nitrogens is 2. The lowest BCUT2D eigenvalue weighted by Crippen LogP contribution is -1.92. The van der Waals surface area contributed by atoms with Crippen molar-refractivity contribution in [2.75, 3.05) is 0 Å². The maximum Gasteiger partial charge on any atom is 0.141 e. The molecule has 3 nitrogen and oxygen atoms in total. The van der Waals surface area contributed by atoms with Gasteiger partial charge in [0.15, 0.2) is 0 Å². The Balaban J connectivity index is 2.27. The highest BCUT2D eigenvalue weighted by molar-refractivity contribution is 5.85. The number of aryl methyl sites for hydroxylation is 2. The van der Waals surface area contributed by atoms with Gasteiger partial charge >= 0.3 is 0 Å². The molecule has 18 heavy (non-hydrogen) atoms. The summed E-state index contributed by atoms with van der Waals surface area (Å²) in [6.45, 7) is 2.06. The van der Waals surface area contributed by atoms with Gasteiger partial charge in [-0.3, -0.25) is 0 Å². The summed E-state index contributed by atoms with van der Waals surface area (Å²) < 4.78 is 1.93. The minimum absolute atomic E-state index is 0.265. The molecule has 3 heteroatoms. The van der Waals surface area contributed by atoms with E-state index in [0.717, 1.165) is 22.4 Å². The number of imidazole rings is 1. The summed E-state index contributed by atoms with van der Waals surface area (Å²) in [6.07, 6.45) is 0. The molecule has 0 aliphatic heterocycles. The predicted molar refractivity (Wildman–Crippen MR) is 72.6 cm³/mol. The zero-order chi connectivity index (χ0) is 12.7. The molecule has 2 aromatic carbocycles. The van der Waals surface area contributed by atoms with Crippen molar-refractivity contribution >= 4 is 11.0 Å². The fourth-order valence-electron chi connectivity index (χ4n) is 2.21. The molecule has 3 aromatic rings. The Kier molecular flexibility index (Phi) is 2.33. The molecule has 0 saturated heterocycles. The molecule has 1 heterocycles. The van der Waals surface area contributed by atoms with Gasteiger partial charge in [0, 0.05) is 12.6 Å². The molecule has 0 saturated carbocycles. The third kappa shape index (κ3) is 1.56. The third-order valence-corrected chi connectivity index (χ3v) is 3.18. The van der Waals surface area contributed by atoms with Crippen molar-refractivity contribution in [3.8, 4) is 17.1 Å². The van der Waals surface area contributed by atoms with E-state index in [0.29, 0.717) is 0 Å². The topological polar surface area (TPSA) is 38.1 Å². The molecule has 0 atom stereocenters. The Labute approximate surface area is 105 Å². The van der Waals surface area contributed by atoms with Gasteiger partial charge < -0.3 is 9.67 Å². The zero-order valence-electron chi connectivity index (χ0n) is 10.4. The Morgan fingerprint density at radius 3 is 2.44 bits per heavy atom. The first-order chi connectivity index (χ1) is 8.66. The van der Waals surface area contributed by atoms with Crippen LogP contribution in [0.25, 0.3) is 22.4 Å². The van der Waals surface area contributed by atoms with Crippen LogP contribution < -0.4 is 0 Å². The average Bonchev–Trinajstić information content (AvgIpc) is 2.69. The number of aromatic hydroxyl groups is 1. The number of fused-ring (bicyclic) bond motifs is 1. The fraction of sp³-hybridized carbons (Fsp3) is 0.133. The molecule has 0 radical (unpaired) electrons. The van der Waals surface area contributed by atoms with Crippen LogP contribution >= 0.6 is 0 Å². The van der Waals surface area contributed by atoms with Crippen LogP contribution in [0.3, 0.4) is 0 Å². The lowest BCUT2D eigenvalue weighted by Gasteiger charge is -2.03. The minimum Gasteiger partial charge on any atom is -0.506 e. The number of hydrogen-bond donors (Lipinski definition) is 1. The largest absolute Gasteiger partial charge is 0.506 e. The highest BCUT2D eigenvalue weighted by Crippen LogP contribution is 2.29. The van der Waals surface area contributed by atoms with Crippen molar-refractivity contribution in [2.24, 2.45) is 7.05 Å². The van der Waals surface area contributed by atoms with E-state index in [1.165, 1.54) is 5.56 Å². The summed E-state index contributed by atoms with van der Waals surface area (Å²) >= 11 is 0. The lowest BCUT2D eigenvalue weighted by molar-refractivity contribution is 0.479. The second-order valence-electron chi connectivity index (χ2n) is 4.51. The van der Waals surface area contributed by atoms with E-state index >= 15 is 0 Å². The zero-order valence-corrected chi connectivity index (χ0v) is 10.4. The van der Waals surface area contributed by atoms with Gasteiger partial charge in [-0.1, -0.05) is 35.9 Å². The van der Waals surface area contributed by atoms with Gasteiger partial charge in [0.25, 0.3) is 0 Å². The van der Waals surface area contributed by atoms with Crippen LogP contribution in [0.1, 0.15) is 5.56 Å². The van der Waals surface area contributed by atoms with Crippen molar-refractivity contribution in [3.63, 3.8) is 0 Å². The Morgan fingerprint density at radius 2 is 1.78 bits per heavy atom. The number of benzene rings is 2. The van der Waals surface area contributed by atoms with Crippen LogP contribution in [0.15, 0.2) is 42.5 Å². The predicted octanol–water partition coefficient (Wildman–Crippen LogP) is 3.25. The Hall–Kier alpha value is -2.29. The molecule has 3 rings (SSSR count). The molecule has 90 valence electrons. The van der Waals surface area contributed by atoms with Gasteiger partial charge in [-0.25, -0.2) is 4.98 Å². The number of phenols is 1. The average molecular weight is 238 g/mol. The monoisotopic (exact) mass is 238 g/mol. The number of nitrogens with zero attached hydrogens (tertiary/aromatic N) is 2.